The van der Waals surface area contributed by atoms with Crippen molar-refractivity contribution < 1.29 is 23.9 Å². The maximum Gasteiger partial charge on any atom is 0.410 e. The molecule has 2 amide bonds. The summed E-state index contributed by atoms with van der Waals surface area (Å²) in [4.78, 5) is 43.5. The first-order chi connectivity index (χ1) is 15.6. The first-order valence-electron chi connectivity index (χ1n) is 11.4. The molecule has 1 aromatic rings. The molecule has 1 unspecified atom stereocenters. The van der Waals surface area contributed by atoms with Crippen molar-refractivity contribution in [3.8, 4) is 0 Å². The van der Waals surface area contributed by atoms with Crippen molar-refractivity contribution in [1.29, 1.82) is 0 Å². The number of esters is 1. The van der Waals surface area contributed by atoms with Crippen molar-refractivity contribution in [3.05, 3.63) is 34.9 Å². The van der Waals surface area contributed by atoms with Crippen LogP contribution in [-0.2, 0) is 19.1 Å². The van der Waals surface area contributed by atoms with Crippen LogP contribution in [-0.4, -0.2) is 84.6 Å². The number of methoxy groups -OCH3 is 1. The maximum absolute atomic E-state index is 13.1. The molecule has 0 aliphatic carbocycles. The van der Waals surface area contributed by atoms with Crippen LogP contribution in [0.3, 0.4) is 0 Å². The molecule has 1 aromatic carbocycles. The Morgan fingerprint density at radius 1 is 0.970 bits per heavy atom. The number of nitrogens with zero attached hydrogens (tertiary/aromatic N) is 3. The highest BCUT2D eigenvalue weighted by Gasteiger charge is 2.36. The second-order valence-corrected chi connectivity index (χ2v) is 9.96. The molecule has 9 heteroatoms. The molecule has 8 nitrogen and oxygen atoms in total. The predicted octanol–water partition coefficient (Wildman–Crippen LogP) is 3.35. The molecular formula is C24H34ClN3O5. The number of amides is 2. The van der Waals surface area contributed by atoms with Gasteiger partial charge in [0.05, 0.1) is 7.11 Å². The van der Waals surface area contributed by atoms with E-state index in [1.165, 1.54) is 7.11 Å². The number of ether oxygens (including phenoxy) is 2. The van der Waals surface area contributed by atoms with Gasteiger partial charge in [-0.05, 0) is 45.2 Å². The minimum atomic E-state index is -0.599. The quantitative estimate of drug-likeness (QED) is 0.616. The zero-order chi connectivity index (χ0) is 24.2. The molecule has 0 bridgehead atoms. The lowest BCUT2D eigenvalue weighted by Gasteiger charge is -2.40. The van der Waals surface area contributed by atoms with E-state index < -0.39 is 11.6 Å². The molecule has 0 saturated carbocycles. The molecule has 33 heavy (non-hydrogen) atoms. The molecule has 2 aliphatic heterocycles. The molecule has 0 aromatic heterocycles. The SMILES string of the molecule is COC(=O)C(c1ccccc1Cl)N1CCN(C(=O)C2CCN(C(=O)OC(C)(C)C)CC2)CC1. The van der Waals surface area contributed by atoms with Crippen LogP contribution >= 0.6 is 11.6 Å². The molecule has 2 fully saturated rings. The normalized spacial score (nSPS) is 19.2. The molecular weight excluding hydrogens is 446 g/mol. The lowest BCUT2D eigenvalue weighted by Crippen LogP contribution is -2.53. The summed E-state index contributed by atoms with van der Waals surface area (Å²) in [5, 5.41) is 0.517. The Bertz CT molecular complexity index is 856. The number of likely N-dealkylation sites (tertiary alicyclic amines) is 1. The van der Waals surface area contributed by atoms with Gasteiger partial charge in [-0.1, -0.05) is 29.8 Å². The summed E-state index contributed by atoms with van der Waals surface area (Å²) in [7, 11) is 1.37. The van der Waals surface area contributed by atoms with Crippen LogP contribution < -0.4 is 0 Å². The Balaban J connectivity index is 1.55. The van der Waals surface area contributed by atoms with Gasteiger partial charge in [0.15, 0.2) is 0 Å². The molecule has 2 saturated heterocycles. The summed E-state index contributed by atoms with van der Waals surface area (Å²) in [5.74, 6) is -0.349. The van der Waals surface area contributed by atoms with E-state index in [0.29, 0.717) is 62.7 Å². The number of carbonyl (C=O) groups is 3. The fourth-order valence-electron chi connectivity index (χ4n) is 4.38. The highest BCUT2D eigenvalue weighted by atomic mass is 35.5. The number of hydrogen-bond acceptors (Lipinski definition) is 6. The van der Waals surface area contributed by atoms with Crippen molar-refractivity contribution in [1.82, 2.24) is 14.7 Å². The maximum atomic E-state index is 13.1. The summed E-state index contributed by atoms with van der Waals surface area (Å²) in [5.41, 5.74) is 0.176. The van der Waals surface area contributed by atoms with E-state index in [4.69, 9.17) is 21.1 Å². The van der Waals surface area contributed by atoms with Gasteiger partial charge in [-0.25, -0.2) is 9.59 Å². The Labute approximate surface area is 200 Å². The second-order valence-electron chi connectivity index (χ2n) is 9.55. The minimum absolute atomic E-state index is 0.102. The zero-order valence-corrected chi connectivity index (χ0v) is 20.6. The number of piperazine rings is 1. The molecule has 0 spiro atoms. The monoisotopic (exact) mass is 479 g/mol. The Hall–Kier alpha value is -2.32. The van der Waals surface area contributed by atoms with E-state index in [0.717, 1.165) is 0 Å². The number of halogens is 1. The Morgan fingerprint density at radius 3 is 2.12 bits per heavy atom. The first-order valence-corrected chi connectivity index (χ1v) is 11.8. The fraction of sp³-hybridized carbons (Fsp3) is 0.625. The van der Waals surface area contributed by atoms with Crippen molar-refractivity contribution in [2.75, 3.05) is 46.4 Å². The van der Waals surface area contributed by atoms with E-state index >= 15 is 0 Å². The largest absolute Gasteiger partial charge is 0.468 e. The topological polar surface area (TPSA) is 79.4 Å². The van der Waals surface area contributed by atoms with Crippen molar-refractivity contribution in [3.63, 3.8) is 0 Å². The highest BCUT2D eigenvalue weighted by molar-refractivity contribution is 6.31. The van der Waals surface area contributed by atoms with Crippen molar-refractivity contribution in [2.24, 2.45) is 5.92 Å². The third-order valence-electron chi connectivity index (χ3n) is 6.11. The van der Waals surface area contributed by atoms with Gasteiger partial charge in [-0.3, -0.25) is 9.69 Å². The smallest absolute Gasteiger partial charge is 0.410 e. The zero-order valence-electron chi connectivity index (χ0n) is 19.9. The third kappa shape index (κ3) is 6.38. The van der Waals surface area contributed by atoms with E-state index in [1.54, 1.807) is 11.0 Å². The van der Waals surface area contributed by atoms with E-state index in [9.17, 15) is 14.4 Å². The lowest BCUT2D eigenvalue weighted by atomic mass is 9.95. The highest BCUT2D eigenvalue weighted by Crippen LogP contribution is 2.30. The number of benzene rings is 1. The van der Waals surface area contributed by atoms with Gasteiger partial charge in [-0.15, -0.1) is 0 Å². The van der Waals surface area contributed by atoms with Gasteiger partial charge in [0.25, 0.3) is 0 Å². The number of hydrogen-bond donors (Lipinski definition) is 0. The lowest BCUT2D eigenvalue weighted by molar-refractivity contribution is -0.149. The van der Waals surface area contributed by atoms with Gasteiger partial charge in [0.1, 0.15) is 11.6 Å². The van der Waals surface area contributed by atoms with Gasteiger partial charge < -0.3 is 19.3 Å². The van der Waals surface area contributed by atoms with Crippen LogP contribution in [0, 0.1) is 5.92 Å². The number of rotatable bonds is 4. The van der Waals surface area contributed by atoms with Gasteiger partial charge >= 0.3 is 12.1 Å². The van der Waals surface area contributed by atoms with Gasteiger partial charge in [0, 0.05) is 50.2 Å². The van der Waals surface area contributed by atoms with Gasteiger partial charge in [0.2, 0.25) is 5.91 Å². The minimum Gasteiger partial charge on any atom is -0.468 e. The average Bonchev–Trinajstić information content (AvgIpc) is 2.79. The number of carbonyl (C=O) groups excluding carboxylic acids is 3. The van der Waals surface area contributed by atoms with Crippen LogP contribution in [0.5, 0.6) is 0 Å². The van der Waals surface area contributed by atoms with Crippen LogP contribution in [0.1, 0.15) is 45.2 Å². The molecule has 0 N–H and O–H groups in total. The van der Waals surface area contributed by atoms with Crippen LogP contribution in [0.2, 0.25) is 5.02 Å². The average molecular weight is 480 g/mol. The van der Waals surface area contributed by atoms with Crippen LogP contribution in [0.25, 0.3) is 0 Å². The third-order valence-corrected chi connectivity index (χ3v) is 6.46. The molecule has 3 rings (SSSR count). The molecule has 0 radical (unpaired) electrons. The summed E-state index contributed by atoms with van der Waals surface area (Å²) in [6.07, 6.45) is 0.932. The molecule has 1 atom stereocenters. The number of piperidine rings is 1. The second kappa shape index (κ2) is 10.7. The summed E-state index contributed by atoms with van der Waals surface area (Å²) < 4.78 is 10.5. The predicted molar refractivity (Wildman–Crippen MR) is 125 cm³/mol. The fourth-order valence-corrected chi connectivity index (χ4v) is 4.61. The molecule has 182 valence electrons. The van der Waals surface area contributed by atoms with E-state index in [1.807, 2.05) is 48.8 Å². The Morgan fingerprint density at radius 2 is 1.58 bits per heavy atom. The summed E-state index contributed by atoms with van der Waals surface area (Å²) in [6.45, 7) is 8.73. The van der Waals surface area contributed by atoms with Crippen LogP contribution in [0.4, 0.5) is 4.79 Å². The Kier molecular flexibility index (Phi) is 8.23. The van der Waals surface area contributed by atoms with Crippen LogP contribution in [0.15, 0.2) is 24.3 Å². The molecule has 2 aliphatic rings. The van der Waals surface area contributed by atoms with E-state index in [2.05, 4.69) is 0 Å². The summed E-state index contributed by atoms with van der Waals surface area (Å²) >= 11 is 6.35. The van der Waals surface area contributed by atoms with Gasteiger partial charge in [-0.2, -0.15) is 0 Å². The standard InChI is InChI=1S/C24H34ClN3O5/c1-24(2,3)33-23(31)28-11-9-17(10-12-28)21(29)27-15-13-26(14-16-27)20(22(30)32-4)18-7-5-6-8-19(18)25/h5-8,17,20H,9-16H2,1-4H3. The first kappa shape index (κ1) is 25.3. The van der Waals surface area contributed by atoms with E-state index in [-0.39, 0.29) is 23.9 Å². The van der Waals surface area contributed by atoms with Crippen molar-refractivity contribution in [2.45, 2.75) is 45.3 Å². The van der Waals surface area contributed by atoms with Crippen molar-refractivity contribution >= 4 is 29.6 Å². The molecule has 2 heterocycles. The summed E-state index contributed by atoms with van der Waals surface area (Å²) in [6, 6.07) is 6.67.